The highest BCUT2D eigenvalue weighted by Gasteiger charge is 2.09. The maximum atomic E-state index is 14.0. The van der Waals surface area contributed by atoms with Crippen LogP contribution in [0.1, 0.15) is 48.4 Å². The Morgan fingerprint density at radius 2 is 1.76 bits per heavy atom. The molecule has 0 fully saturated rings. The maximum Gasteiger partial charge on any atom is 0.161 e. The summed E-state index contributed by atoms with van der Waals surface area (Å²) in [5, 5.41) is 8.74. The molecule has 2 aromatic carbocycles. The molecule has 0 unspecified atom stereocenters. The molecule has 0 saturated carbocycles. The summed E-state index contributed by atoms with van der Waals surface area (Å²) >= 11 is 0. The highest BCUT2D eigenvalue weighted by atomic mass is 19.2. The fourth-order valence-electron chi connectivity index (χ4n) is 2.51. The first kappa shape index (κ1) is 18.8. The van der Waals surface area contributed by atoms with Gasteiger partial charge in [0.1, 0.15) is 11.6 Å². The number of nitrogens with zero attached hydrogens (tertiary/aromatic N) is 1. The van der Waals surface area contributed by atoms with Gasteiger partial charge in [-0.25, -0.2) is 13.2 Å². The van der Waals surface area contributed by atoms with Gasteiger partial charge < -0.3 is 0 Å². The van der Waals surface area contributed by atoms with Crippen molar-refractivity contribution in [2.75, 3.05) is 0 Å². The average Bonchev–Trinajstić information content (AvgIpc) is 2.64. The molecule has 130 valence electrons. The van der Waals surface area contributed by atoms with Gasteiger partial charge in [-0.15, -0.1) is 0 Å². The van der Waals surface area contributed by atoms with E-state index in [1.165, 1.54) is 6.07 Å². The molecule has 0 aliphatic rings. The average molecular weight is 343 g/mol. The van der Waals surface area contributed by atoms with Crippen molar-refractivity contribution >= 4 is 5.83 Å². The Morgan fingerprint density at radius 1 is 1.04 bits per heavy atom. The van der Waals surface area contributed by atoms with Crippen LogP contribution in [0.5, 0.6) is 0 Å². The van der Waals surface area contributed by atoms with Crippen LogP contribution in [0, 0.1) is 17.1 Å². The second-order valence-corrected chi connectivity index (χ2v) is 5.94. The van der Waals surface area contributed by atoms with Crippen molar-refractivity contribution in [2.45, 2.75) is 39.0 Å². The second-order valence-electron chi connectivity index (χ2n) is 5.94. The zero-order valence-electron chi connectivity index (χ0n) is 14.2. The van der Waals surface area contributed by atoms with Crippen LogP contribution in [0.4, 0.5) is 13.2 Å². The Kier molecular flexibility index (Phi) is 6.82. The molecule has 0 heterocycles. The Labute approximate surface area is 146 Å². The molecule has 4 heteroatoms. The van der Waals surface area contributed by atoms with Crippen LogP contribution in [0.15, 0.2) is 48.3 Å². The Hall–Kier alpha value is -2.54. The van der Waals surface area contributed by atoms with Crippen LogP contribution < -0.4 is 0 Å². The fraction of sp³-hybridized carbons (Fsp3) is 0.286. The number of rotatable bonds is 7. The van der Waals surface area contributed by atoms with E-state index in [0.717, 1.165) is 12.0 Å². The summed E-state index contributed by atoms with van der Waals surface area (Å²) in [6.07, 6.45) is 2.59. The second kappa shape index (κ2) is 9.08. The first-order valence-corrected chi connectivity index (χ1v) is 8.37. The lowest BCUT2D eigenvalue weighted by Crippen LogP contribution is -1.96. The maximum absolute atomic E-state index is 14.0. The number of hydrogen-bond donors (Lipinski definition) is 0. The van der Waals surface area contributed by atoms with Gasteiger partial charge in [0.05, 0.1) is 11.6 Å². The minimum Gasteiger partial charge on any atom is -0.209 e. The van der Waals surface area contributed by atoms with E-state index in [1.807, 2.05) is 13.0 Å². The van der Waals surface area contributed by atoms with Crippen LogP contribution in [0.2, 0.25) is 0 Å². The Bertz CT molecular complexity index is 786. The zero-order valence-corrected chi connectivity index (χ0v) is 14.2. The minimum absolute atomic E-state index is 0.113. The lowest BCUT2D eigenvalue weighted by molar-refractivity contribution is 0.548. The van der Waals surface area contributed by atoms with Gasteiger partial charge >= 0.3 is 0 Å². The van der Waals surface area contributed by atoms with E-state index in [1.54, 1.807) is 36.4 Å². The summed E-state index contributed by atoms with van der Waals surface area (Å²) in [5.41, 5.74) is 1.95. The van der Waals surface area contributed by atoms with E-state index in [2.05, 4.69) is 0 Å². The number of nitriles is 1. The van der Waals surface area contributed by atoms with Crippen molar-refractivity contribution in [3.05, 3.63) is 76.4 Å². The van der Waals surface area contributed by atoms with Crippen molar-refractivity contribution in [1.29, 1.82) is 5.26 Å². The molecule has 2 aromatic rings. The predicted molar refractivity (Wildman–Crippen MR) is 93.6 cm³/mol. The van der Waals surface area contributed by atoms with Crippen molar-refractivity contribution < 1.29 is 13.2 Å². The molecular formula is C21H20F3N. The summed E-state index contributed by atoms with van der Waals surface area (Å²) in [6.45, 7) is 1.93. The Morgan fingerprint density at radius 3 is 2.36 bits per heavy atom. The predicted octanol–water partition coefficient (Wildman–Crippen LogP) is 6.28. The lowest BCUT2D eigenvalue weighted by Gasteiger charge is -2.06. The van der Waals surface area contributed by atoms with E-state index in [9.17, 15) is 13.2 Å². The standard InChI is InChI=1S/C21H20F3N/c1-2-3-4-19(22)21(24)18-11-6-15(7-12-18)5-9-17-10-8-16(14-25)13-20(17)23/h6-8,10-13H,2-5,9H2,1H3. The van der Waals surface area contributed by atoms with Gasteiger partial charge in [-0.3, -0.25) is 0 Å². The molecule has 0 aliphatic heterocycles. The molecule has 2 rings (SSSR count). The van der Waals surface area contributed by atoms with E-state index < -0.39 is 17.5 Å². The van der Waals surface area contributed by atoms with Crippen LogP contribution >= 0.6 is 0 Å². The fourth-order valence-corrected chi connectivity index (χ4v) is 2.51. The zero-order chi connectivity index (χ0) is 18.2. The molecule has 0 aromatic heterocycles. The van der Waals surface area contributed by atoms with Gasteiger partial charge in [0.25, 0.3) is 0 Å². The number of hydrogen-bond acceptors (Lipinski definition) is 1. The molecule has 25 heavy (non-hydrogen) atoms. The summed E-state index contributed by atoms with van der Waals surface area (Å²) in [5.74, 6) is -1.92. The van der Waals surface area contributed by atoms with Crippen LogP contribution in [-0.4, -0.2) is 0 Å². The molecule has 0 atom stereocenters. The topological polar surface area (TPSA) is 23.8 Å². The Balaban J connectivity index is 2.02. The third-order valence-corrected chi connectivity index (χ3v) is 4.06. The molecule has 0 radical (unpaired) electrons. The number of unbranched alkanes of at least 4 members (excludes halogenated alkanes) is 1. The van der Waals surface area contributed by atoms with Gasteiger partial charge in [-0.2, -0.15) is 5.26 Å². The van der Waals surface area contributed by atoms with Crippen LogP contribution in [0.3, 0.4) is 0 Å². The summed E-state index contributed by atoms with van der Waals surface area (Å²) in [4.78, 5) is 0. The summed E-state index contributed by atoms with van der Waals surface area (Å²) in [6, 6.07) is 12.9. The van der Waals surface area contributed by atoms with Crippen molar-refractivity contribution in [3.8, 4) is 6.07 Å². The number of benzene rings is 2. The molecule has 1 nitrogen and oxygen atoms in total. The van der Waals surface area contributed by atoms with E-state index in [0.29, 0.717) is 24.8 Å². The molecular weight excluding hydrogens is 323 g/mol. The monoisotopic (exact) mass is 343 g/mol. The van der Waals surface area contributed by atoms with Crippen molar-refractivity contribution in [1.82, 2.24) is 0 Å². The van der Waals surface area contributed by atoms with E-state index in [-0.39, 0.29) is 17.5 Å². The van der Waals surface area contributed by atoms with Gasteiger partial charge in [-0.05, 0) is 42.5 Å². The molecule has 0 aliphatic carbocycles. The molecule has 0 spiro atoms. The van der Waals surface area contributed by atoms with Crippen LogP contribution in [-0.2, 0) is 12.8 Å². The lowest BCUT2D eigenvalue weighted by atomic mass is 10.0. The van der Waals surface area contributed by atoms with Gasteiger partial charge in [-0.1, -0.05) is 43.7 Å². The first-order valence-electron chi connectivity index (χ1n) is 8.37. The molecule has 0 saturated heterocycles. The first-order chi connectivity index (χ1) is 12.0. The quantitative estimate of drug-likeness (QED) is 0.580. The molecule has 0 bridgehead atoms. The number of halogens is 3. The number of allylic oxidation sites excluding steroid dienone is 1. The SMILES string of the molecule is CCCCC(F)=C(F)c1ccc(CCc2ccc(C#N)cc2F)cc1. The highest BCUT2D eigenvalue weighted by Crippen LogP contribution is 2.25. The van der Waals surface area contributed by atoms with Crippen molar-refractivity contribution in [2.24, 2.45) is 0 Å². The number of aryl methyl sites for hydroxylation is 2. The largest absolute Gasteiger partial charge is 0.209 e. The van der Waals surface area contributed by atoms with Gasteiger partial charge in [0.2, 0.25) is 0 Å². The normalized spacial score (nSPS) is 11.8. The summed E-state index contributed by atoms with van der Waals surface area (Å²) in [7, 11) is 0. The third kappa shape index (κ3) is 5.22. The van der Waals surface area contributed by atoms with E-state index >= 15 is 0 Å². The summed E-state index contributed by atoms with van der Waals surface area (Å²) < 4.78 is 41.5. The van der Waals surface area contributed by atoms with Crippen molar-refractivity contribution in [3.63, 3.8) is 0 Å². The van der Waals surface area contributed by atoms with Gasteiger partial charge in [0.15, 0.2) is 5.83 Å². The van der Waals surface area contributed by atoms with Crippen LogP contribution in [0.25, 0.3) is 5.83 Å². The third-order valence-electron chi connectivity index (χ3n) is 4.06. The van der Waals surface area contributed by atoms with E-state index in [4.69, 9.17) is 5.26 Å². The highest BCUT2D eigenvalue weighted by molar-refractivity contribution is 5.61. The molecule has 0 N–H and O–H groups in total. The molecule has 0 amide bonds. The smallest absolute Gasteiger partial charge is 0.161 e. The van der Waals surface area contributed by atoms with Gasteiger partial charge in [0, 0.05) is 12.0 Å². The minimum atomic E-state index is -0.807.